The number of hydrogen-bond acceptors (Lipinski definition) is 7. The summed E-state index contributed by atoms with van der Waals surface area (Å²) in [6.07, 6.45) is 0.351. The molecular weight excluding hydrogens is 378 g/mol. The molecule has 9 nitrogen and oxygen atoms in total. The van der Waals surface area contributed by atoms with Gasteiger partial charge in [-0.3, -0.25) is 14.9 Å². The largest absolute Gasteiger partial charge is 0.502 e. The van der Waals surface area contributed by atoms with E-state index in [0.717, 1.165) is 11.6 Å². The van der Waals surface area contributed by atoms with Gasteiger partial charge >= 0.3 is 5.69 Å². The molecule has 1 atom stereocenters. The second-order valence-corrected chi connectivity index (χ2v) is 7.57. The van der Waals surface area contributed by atoms with Gasteiger partial charge in [0.25, 0.3) is 5.91 Å². The smallest absolute Gasteiger partial charge is 0.311 e. The van der Waals surface area contributed by atoms with Crippen LogP contribution in [0.25, 0.3) is 0 Å². The Morgan fingerprint density at radius 2 is 2.03 bits per heavy atom. The van der Waals surface area contributed by atoms with Gasteiger partial charge < -0.3 is 14.6 Å². The molecule has 9 heteroatoms. The molecule has 0 aliphatic carbocycles. The Bertz CT molecular complexity index is 981. The third kappa shape index (κ3) is 4.63. The number of phenolic OH excluding ortho intramolecular Hbond substituents is 1. The van der Waals surface area contributed by atoms with Gasteiger partial charge in [0.05, 0.1) is 11.1 Å². The van der Waals surface area contributed by atoms with Gasteiger partial charge in [-0.2, -0.15) is 5.10 Å². The van der Waals surface area contributed by atoms with E-state index in [1.807, 2.05) is 18.2 Å². The number of nitrogens with zero attached hydrogens (tertiary/aromatic N) is 2. The van der Waals surface area contributed by atoms with E-state index >= 15 is 0 Å². The summed E-state index contributed by atoms with van der Waals surface area (Å²) in [4.78, 5) is 22.5. The summed E-state index contributed by atoms with van der Waals surface area (Å²) in [6, 6.07) is 9.40. The Morgan fingerprint density at radius 1 is 1.28 bits per heavy atom. The van der Waals surface area contributed by atoms with E-state index in [1.54, 1.807) is 0 Å². The summed E-state index contributed by atoms with van der Waals surface area (Å²) in [5, 5.41) is 24.1. The SMILES string of the molecule is CC(C)(C)c1ccc2c(c1)OC(C(=O)NN=Cc1ccc(O)c([N+](=O)[O-])c1)CO2. The molecule has 0 spiro atoms. The molecule has 1 heterocycles. The average Bonchev–Trinajstić information content (AvgIpc) is 2.67. The number of hydrogen-bond donors (Lipinski definition) is 2. The topological polar surface area (TPSA) is 123 Å². The van der Waals surface area contributed by atoms with Crippen molar-refractivity contribution in [2.45, 2.75) is 32.3 Å². The number of phenols is 1. The third-order valence-electron chi connectivity index (χ3n) is 4.35. The predicted octanol–water partition coefficient (Wildman–Crippen LogP) is 2.89. The van der Waals surface area contributed by atoms with E-state index in [0.29, 0.717) is 17.1 Å². The van der Waals surface area contributed by atoms with Gasteiger partial charge in [0.1, 0.15) is 6.61 Å². The van der Waals surface area contributed by atoms with Gasteiger partial charge in [-0.25, -0.2) is 5.43 Å². The number of aromatic hydroxyl groups is 1. The second-order valence-electron chi connectivity index (χ2n) is 7.57. The molecule has 1 unspecified atom stereocenters. The summed E-state index contributed by atoms with van der Waals surface area (Å²) < 4.78 is 11.4. The zero-order valence-electron chi connectivity index (χ0n) is 16.2. The number of benzene rings is 2. The summed E-state index contributed by atoms with van der Waals surface area (Å²) in [6.45, 7) is 6.26. The fourth-order valence-electron chi connectivity index (χ4n) is 2.68. The predicted molar refractivity (Wildman–Crippen MR) is 106 cm³/mol. The molecule has 0 saturated heterocycles. The van der Waals surface area contributed by atoms with Crippen LogP contribution in [0.5, 0.6) is 17.2 Å². The normalized spacial score (nSPS) is 15.9. The first-order chi connectivity index (χ1) is 13.6. The van der Waals surface area contributed by atoms with Gasteiger partial charge in [0, 0.05) is 11.6 Å². The van der Waals surface area contributed by atoms with Crippen LogP contribution < -0.4 is 14.9 Å². The van der Waals surface area contributed by atoms with Crippen LogP contribution in [-0.2, 0) is 10.2 Å². The van der Waals surface area contributed by atoms with Crippen molar-refractivity contribution < 1.29 is 24.3 Å². The van der Waals surface area contributed by atoms with Crippen LogP contribution >= 0.6 is 0 Å². The number of fused-ring (bicyclic) bond motifs is 1. The highest BCUT2D eigenvalue weighted by Crippen LogP contribution is 2.36. The molecule has 0 radical (unpaired) electrons. The molecule has 0 fully saturated rings. The highest BCUT2D eigenvalue weighted by Gasteiger charge is 2.28. The van der Waals surface area contributed by atoms with E-state index in [4.69, 9.17) is 9.47 Å². The van der Waals surface area contributed by atoms with Crippen LogP contribution in [0.1, 0.15) is 31.9 Å². The molecule has 2 aromatic carbocycles. The first-order valence-electron chi connectivity index (χ1n) is 8.89. The molecule has 1 aliphatic heterocycles. The average molecular weight is 399 g/mol. The minimum absolute atomic E-state index is 0.0356. The Balaban J connectivity index is 1.66. The molecule has 0 saturated carbocycles. The van der Waals surface area contributed by atoms with E-state index in [9.17, 15) is 20.0 Å². The van der Waals surface area contributed by atoms with Gasteiger partial charge in [-0.15, -0.1) is 0 Å². The molecule has 1 aliphatic rings. The maximum atomic E-state index is 12.3. The zero-order chi connectivity index (χ0) is 21.2. The fourth-order valence-corrected chi connectivity index (χ4v) is 2.68. The molecule has 1 amide bonds. The third-order valence-corrected chi connectivity index (χ3v) is 4.35. The highest BCUT2D eigenvalue weighted by molar-refractivity contribution is 5.85. The molecule has 0 aromatic heterocycles. The summed E-state index contributed by atoms with van der Waals surface area (Å²) in [5.41, 5.74) is 3.20. The van der Waals surface area contributed by atoms with E-state index in [1.165, 1.54) is 18.3 Å². The van der Waals surface area contributed by atoms with E-state index in [2.05, 4.69) is 31.3 Å². The number of nitro benzene ring substituents is 1. The summed E-state index contributed by atoms with van der Waals surface area (Å²) in [7, 11) is 0. The van der Waals surface area contributed by atoms with Gasteiger partial charge in [-0.1, -0.05) is 26.8 Å². The molecule has 2 aromatic rings. The lowest BCUT2D eigenvalue weighted by atomic mass is 9.87. The summed E-state index contributed by atoms with van der Waals surface area (Å²) in [5.74, 6) is 0.0995. The van der Waals surface area contributed by atoms with Crippen molar-refractivity contribution in [2.24, 2.45) is 5.10 Å². The Labute approximate surface area is 167 Å². The zero-order valence-corrected chi connectivity index (χ0v) is 16.2. The Kier molecular flexibility index (Phi) is 5.40. The number of hydrazone groups is 1. The van der Waals surface area contributed by atoms with Crippen molar-refractivity contribution in [3.8, 4) is 17.2 Å². The Hall–Kier alpha value is -3.62. The second kappa shape index (κ2) is 7.78. The van der Waals surface area contributed by atoms with Crippen LogP contribution in [0.3, 0.4) is 0 Å². The standard InChI is InChI=1S/C20H21N3O6/c1-20(2,3)13-5-7-16-17(9-13)29-18(11-28-16)19(25)22-21-10-12-4-6-15(24)14(8-12)23(26)27/h4-10,18,24H,11H2,1-3H3,(H,22,25). The number of amides is 1. The van der Waals surface area contributed by atoms with Crippen LogP contribution in [0.4, 0.5) is 5.69 Å². The molecular formula is C20H21N3O6. The number of carbonyl (C=O) groups excluding carboxylic acids is 1. The lowest BCUT2D eigenvalue weighted by molar-refractivity contribution is -0.385. The fraction of sp³-hybridized carbons (Fsp3) is 0.300. The van der Waals surface area contributed by atoms with Crippen LogP contribution in [0, 0.1) is 10.1 Å². The lowest BCUT2D eigenvalue weighted by Crippen LogP contribution is -2.42. The minimum atomic E-state index is -0.885. The number of nitrogens with one attached hydrogen (secondary N) is 1. The number of carbonyl (C=O) groups is 1. The number of rotatable bonds is 4. The van der Waals surface area contributed by atoms with Gasteiger partial charge in [0.2, 0.25) is 6.10 Å². The Morgan fingerprint density at radius 3 is 2.72 bits per heavy atom. The lowest BCUT2D eigenvalue weighted by Gasteiger charge is -2.27. The van der Waals surface area contributed by atoms with Crippen molar-refractivity contribution in [1.29, 1.82) is 0 Å². The van der Waals surface area contributed by atoms with E-state index in [-0.39, 0.29) is 12.0 Å². The van der Waals surface area contributed by atoms with Crippen molar-refractivity contribution in [1.82, 2.24) is 5.43 Å². The monoisotopic (exact) mass is 399 g/mol. The van der Waals surface area contributed by atoms with Gasteiger partial charge in [0.15, 0.2) is 17.2 Å². The minimum Gasteiger partial charge on any atom is -0.502 e. The maximum Gasteiger partial charge on any atom is 0.311 e. The molecule has 0 bridgehead atoms. The summed E-state index contributed by atoms with van der Waals surface area (Å²) >= 11 is 0. The van der Waals surface area contributed by atoms with Gasteiger partial charge in [-0.05, 0) is 35.2 Å². The molecule has 3 rings (SSSR count). The first kappa shape index (κ1) is 20.1. The van der Waals surface area contributed by atoms with Crippen molar-refractivity contribution in [3.63, 3.8) is 0 Å². The van der Waals surface area contributed by atoms with Crippen LogP contribution in [-0.4, -0.2) is 34.9 Å². The van der Waals surface area contributed by atoms with Crippen LogP contribution in [0.2, 0.25) is 0 Å². The number of ether oxygens (including phenoxy) is 2. The molecule has 2 N–H and O–H groups in total. The maximum absolute atomic E-state index is 12.3. The quantitative estimate of drug-likeness (QED) is 0.463. The van der Waals surface area contributed by atoms with Crippen molar-refractivity contribution in [2.75, 3.05) is 6.61 Å². The van der Waals surface area contributed by atoms with Crippen molar-refractivity contribution in [3.05, 3.63) is 57.6 Å². The van der Waals surface area contributed by atoms with E-state index < -0.39 is 28.4 Å². The van der Waals surface area contributed by atoms with Crippen LogP contribution in [0.15, 0.2) is 41.5 Å². The molecule has 152 valence electrons. The number of nitro groups is 1. The first-order valence-corrected chi connectivity index (χ1v) is 8.89. The highest BCUT2D eigenvalue weighted by atomic mass is 16.6. The van der Waals surface area contributed by atoms with Crippen molar-refractivity contribution >= 4 is 17.8 Å². The molecule has 29 heavy (non-hydrogen) atoms.